The van der Waals surface area contributed by atoms with Crippen LogP contribution in [0.15, 0.2) is 47.6 Å². The fraction of sp³-hybridized carbons (Fsp3) is 0.294. The van der Waals surface area contributed by atoms with E-state index < -0.39 is 0 Å². The van der Waals surface area contributed by atoms with E-state index in [1.165, 1.54) is 6.08 Å². The number of carbonyl (C=O) groups is 2. The van der Waals surface area contributed by atoms with Crippen LogP contribution in [0.3, 0.4) is 0 Å². The van der Waals surface area contributed by atoms with E-state index in [0.29, 0.717) is 13.1 Å². The molecular weight excluding hydrogens is 280 g/mol. The van der Waals surface area contributed by atoms with Crippen molar-refractivity contribution in [2.24, 2.45) is 5.92 Å². The van der Waals surface area contributed by atoms with Crippen molar-refractivity contribution in [2.45, 2.75) is 12.8 Å². The van der Waals surface area contributed by atoms with Crippen molar-refractivity contribution in [1.82, 2.24) is 4.90 Å². The lowest BCUT2D eigenvalue weighted by Gasteiger charge is -2.31. The van der Waals surface area contributed by atoms with Crippen molar-refractivity contribution in [3.05, 3.63) is 43.2 Å². The molecule has 0 bridgehead atoms. The number of likely N-dealkylation sites (tertiary alicyclic amines) is 1. The maximum Gasteiger partial charge on any atom is 0.245 e. The highest BCUT2D eigenvalue weighted by molar-refractivity contribution is 5.95. The Kier molecular flexibility index (Phi) is 3.96. The van der Waals surface area contributed by atoms with Crippen LogP contribution in [-0.2, 0) is 9.59 Å². The smallest absolute Gasteiger partial charge is 0.245 e. The lowest BCUT2D eigenvalue weighted by molar-refractivity contribution is -0.130. The molecule has 22 heavy (non-hydrogen) atoms. The molecule has 1 saturated heterocycles. The first kappa shape index (κ1) is 14.4. The number of fused-ring (bicyclic) bond motifs is 1. The number of hydrogen-bond acceptors (Lipinski definition) is 3. The van der Waals surface area contributed by atoms with Gasteiger partial charge in [-0.1, -0.05) is 6.58 Å². The Labute approximate surface area is 128 Å². The lowest BCUT2D eigenvalue weighted by atomic mass is 9.97. The molecule has 3 rings (SSSR count). The molecule has 1 aliphatic rings. The molecule has 0 aliphatic carbocycles. The molecule has 2 amide bonds. The highest BCUT2D eigenvalue weighted by Crippen LogP contribution is 2.22. The molecule has 5 heteroatoms. The molecular formula is C17H18N2O3. The Morgan fingerprint density at radius 1 is 1.36 bits per heavy atom. The van der Waals surface area contributed by atoms with Crippen LogP contribution in [0.1, 0.15) is 12.8 Å². The largest absolute Gasteiger partial charge is 0.464 e. The summed E-state index contributed by atoms with van der Waals surface area (Å²) in [5.41, 5.74) is 1.53. The first-order valence-corrected chi connectivity index (χ1v) is 7.37. The van der Waals surface area contributed by atoms with Crippen LogP contribution < -0.4 is 5.32 Å². The summed E-state index contributed by atoms with van der Waals surface area (Å²) in [6.45, 7) is 4.64. The molecule has 1 atom stereocenters. The molecule has 1 aromatic heterocycles. The van der Waals surface area contributed by atoms with Gasteiger partial charge in [-0.15, -0.1) is 0 Å². The summed E-state index contributed by atoms with van der Waals surface area (Å²) in [6.07, 6.45) is 4.54. The number of nitrogens with one attached hydrogen (secondary N) is 1. The van der Waals surface area contributed by atoms with E-state index in [-0.39, 0.29) is 17.7 Å². The summed E-state index contributed by atoms with van der Waals surface area (Å²) >= 11 is 0. The molecule has 2 heterocycles. The number of hydrogen-bond donors (Lipinski definition) is 1. The number of benzene rings is 1. The number of nitrogens with zero attached hydrogens (tertiary/aromatic N) is 1. The minimum absolute atomic E-state index is 0.0515. The molecule has 1 aromatic carbocycles. The third kappa shape index (κ3) is 2.88. The van der Waals surface area contributed by atoms with Crippen LogP contribution in [-0.4, -0.2) is 29.8 Å². The van der Waals surface area contributed by atoms with Gasteiger partial charge in [0.25, 0.3) is 0 Å². The zero-order valence-corrected chi connectivity index (χ0v) is 12.2. The molecule has 1 N–H and O–H groups in total. The van der Waals surface area contributed by atoms with Gasteiger partial charge in [0.1, 0.15) is 5.58 Å². The fourth-order valence-corrected chi connectivity index (χ4v) is 2.81. The number of rotatable bonds is 3. The van der Waals surface area contributed by atoms with Gasteiger partial charge in [0.15, 0.2) is 0 Å². The van der Waals surface area contributed by atoms with Crippen molar-refractivity contribution >= 4 is 28.5 Å². The second-order valence-electron chi connectivity index (χ2n) is 5.49. The Balaban J connectivity index is 1.68. The first-order chi connectivity index (χ1) is 10.7. The van der Waals surface area contributed by atoms with Crippen molar-refractivity contribution in [3.63, 3.8) is 0 Å². The summed E-state index contributed by atoms with van der Waals surface area (Å²) in [6, 6.07) is 7.39. The minimum Gasteiger partial charge on any atom is -0.464 e. The van der Waals surface area contributed by atoms with Gasteiger partial charge in [0.05, 0.1) is 12.2 Å². The first-order valence-electron chi connectivity index (χ1n) is 7.37. The monoisotopic (exact) mass is 298 g/mol. The van der Waals surface area contributed by atoms with Gasteiger partial charge in [-0.3, -0.25) is 9.59 Å². The SMILES string of the molecule is C=CC(=O)N1CCC[C@H](C(=O)Nc2ccc3occc3c2)C1. The molecule has 0 radical (unpaired) electrons. The minimum atomic E-state index is -0.183. The Bertz CT molecular complexity index is 720. The molecule has 114 valence electrons. The van der Waals surface area contributed by atoms with Crippen molar-refractivity contribution < 1.29 is 14.0 Å². The van der Waals surface area contributed by atoms with Gasteiger partial charge in [-0.05, 0) is 43.2 Å². The fourth-order valence-electron chi connectivity index (χ4n) is 2.81. The maximum absolute atomic E-state index is 12.4. The van der Waals surface area contributed by atoms with Gasteiger partial charge >= 0.3 is 0 Å². The van der Waals surface area contributed by atoms with Crippen LogP contribution in [0, 0.1) is 5.92 Å². The highest BCUT2D eigenvalue weighted by atomic mass is 16.3. The number of anilines is 1. The molecule has 1 aliphatic heterocycles. The normalized spacial score (nSPS) is 18.2. The molecule has 2 aromatic rings. The topological polar surface area (TPSA) is 62.6 Å². The summed E-state index contributed by atoms with van der Waals surface area (Å²) in [5, 5.41) is 3.88. The lowest BCUT2D eigenvalue weighted by Crippen LogP contribution is -2.43. The van der Waals surface area contributed by atoms with Crippen LogP contribution >= 0.6 is 0 Å². The highest BCUT2D eigenvalue weighted by Gasteiger charge is 2.27. The summed E-state index contributed by atoms with van der Waals surface area (Å²) in [4.78, 5) is 25.8. The molecule has 0 unspecified atom stereocenters. The molecule has 1 fully saturated rings. The molecule has 5 nitrogen and oxygen atoms in total. The van der Waals surface area contributed by atoms with Crippen molar-refractivity contribution in [2.75, 3.05) is 18.4 Å². The Morgan fingerprint density at radius 2 is 2.23 bits per heavy atom. The predicted octanol–water partition coefficient (Wildman–Crippen LogP) is 2.80. The van der Waals surface area contributed by atoms with Crippen molar-refractivity contribution in [3.8, 4) is 0 Å². The number of carbonyl (C=O) groups excluding carboxylic acids is 2. The van der Waals surface area contributed by atoms with Gasteiger partial charge in [-0.25, -0.2) is 0 Å². The van der Waals surface area contributed by atoms with E-state index in [9.17, 15) is 9.59 Å². The number of amides is 2. The van der Waals surface area contributed by atoms with Gasteiger partial charge in [0, 0.05) is 24.2 Å². The van der Waals surface area contributed by atoms with Crippen molar-refractivity contribution in [1.29, 1.82) is 0 Å². The zero-order valence-electron chi connectivity index (χ0n) is 12.2. The third-order valence-electron chi connectivity index (χ3n) is 4.00. The number of furan rings is 1. The van der Waals surface area contributed by atoms with E-state index in [2.05, 4.69) is 11.9 Å². The summed E-state index contributed by atoms with van der Waals surface area (Å²) in [7, 11) is 0. The second-order valence-corrected chi connectivity index (χ2v) is 5.49. The average Bonchev–Trinajstić information content (AvgIpc) is 3.02. The number of piperidine rings is 1. The second kappa shape index (κ2) is 6.05. The van der Waals surface area contributed by atoms with E-state index in [1.807, 2.05) is 24.3 Å². The Morgan fingerprint density at radius 3 is 3.05 bits per heavy atom. The predicted molar refractivity (Wildman–Crippen MR) is 84.3 cm³/mol. The van der Waals surface area contributed by atoms with E-state index >= 15 is 0 Å². The van der Waals surface area contributed by atoms with Crippen LogP contribution in [0.4, 0.5) is 5.69 Å². The van der Waals surface area contributed by atoms with Crippen LogP contribution in [0.2, 0.25) is 0 Å². The summed E-state index contributed by atoms with van der Waals surface area (Å²) < 4.78 is 5.28. The standard InChI is InChI=1S/C17H18N2O3/c1-2-16(20)19-8-3-4-13(11-19)17(21)18-14-5-6-15-12(10-14)7-9-22-15/h2,5-7,9-10,13H,1,3-4,8,11H2,(H,18,21)/t13-/m0/s1. The van der Waals surface area contributed by atoms with E-state index in [1.54, 1.807) is 11.2 Å². The maximum atomic E-state index is 12.4. The zero-order chi connectivity index (χ0) is 15.5. The van der Waals surface area contributed by atoms with Crippen LogP contribution in [0.25, 0.3) is 11.0 Å². The van der Waals surface area contributed by atoms with E-state index in [0.717, 1.165) is 29.5 Å². The van der Waals surface area contributed by atoms with Gasteiger partial charge < -0.3 is 14.6 Å². The average molecular weight is 298 g/mol. The summed E-state index contributed by atoms with van der Waals surface area (Å²) in [5.74, 6) is -0.348. The third-order valence-corrected chi connectivity index (χ3v) is 4.00. The molecule has 0 saturated carbocycles. The molecule has 0 spiro atoms. The van der Waals surface area contributed by atoms with Crippen LogP contribution in [0.5, 0.6) is 0 Å². The van der Waals surface area contributed by atoms with Gasteiger partial charge in [0.2, 0.25) is 11.8 Å². The quantitative estimate of drug-likeness (QED) is 0.886. The Hall–Kier alpha value is -2.56. The van der Waals surface area contributed by atoms with Gasteiger partial charge in [-0.2, -0.15) is 0 Å². The van der Waals surface area contributed by atoms with E-state index in [4.69, 9.17) is 4.42 Å².